The third kappa shape index (κ3) is 4.36. The molecule has 4 nitrogen and oxygen atoms in total. The third-order valence-corrected chi connectivity index (χ3v) is 8.36. The second-order valence-electron chi connectivity index (χ2n) is 6.27. The second-order valence-corrected chi connectivity index (χ2v) is 9.87. The number of hydrogen-bond acceptors (Lipinski definition) is 5. The Morgan fingerprint density at radius 3 is 2.48 bits per heavy atom. The lowest BCUT2D eigenvalue weighted by atomic mass is 9.90. The van der Waals surface area contributed by atoms with Crippen molar-refractivity contribution in [2.45, 2.75) is 56.9 Å². The normalized spacial score (nSPS) is 28.2. The molecule has 2 atom stereocenters. The Kier molecular flexibility index (Phi) is 6.84. The summed E-state index contributed by atoms with van der Waals surface area (Å²) in [5.74, 6) is 2.55. The van der Waals surface area contributed by atoms with Crippen molar-refractivity contribution in [3.05, 3.63) is 0 Å². The number of rotatable bonds is 5. The first-order valence-electron chi connectivity index (χ1n) is 8.35. The average Bonchev–Trinajstić information content (AvgIpc) is 2.78. The van der Waals surface area contributed by atoms with E-state index < -0.39 is 9.84 Å². The van der Waals surface area contributed by atoms with Crippen molar-refractivity contribution in [2.75, 3.05) is 30.3 Å². The van der Waals surface area contributed by atoms with Gasteiger partial charge in [0.15, 0.2) is 9.84 Å². The first kappa shape index (κ1) is 17.6. The summed E-state index contributed by atoms with van der Waals surface area (Å²) in [6, 6.07) is 0.246. The maximum atomic E-state index is 12.4. The molecule has 1 aliphatic carbocycles. The molecule has 1 heterocycles. The quantitative estimate of drug-likeness (QED) is 0.780. The first-order valence-corrected chi connectivity index (χ1v) is 11.2. The fourth-order valence-electron chi connectivity index (χ4n) is 3.77. The van der Waals surface area contributed by atoms with E-state index in [2.05, 4.69) is 4.90 Å². The average molecular weight is 335 g/mol. The van der Waals surface area contributed by atoms with Gasteiger partial charge in [0, 0.05) is 36.4 Å². The SMILES string of the molecule is CCS(=O)(=O)C1CSCCN1C(CN)C1CCCCCC1. The van der Waals surface area contributed by atoms with E-state index in [-0.39, 0.29) is 17.2 Å². The Bertz CT molecular complexity index is 406. The Labute approximate surface area is 134 Å². The zero-order valence-corrected chi connectivity index (χ0v) is 14.8. The van der Waals surface area contributed by atoms with Crippen molar-refractivity contribution < 1.29 is 8.42 Å². The number of sulfone groups is 1. The Morgan fingerprint density at radius 2 is 1.90 bits per heavy atom. The standard InChI is InChI=1S/C15H30N2O2S2/c1-2-21(18,19)15-12-20-10-9-17(15)14(11-16)13-7-5-3-4-6-8-13/h13-15H,2-12,16H2,1H3. The first-order chi connectivity index (χ1) is 10.1. The summed E-state index contributed by atoms with van der Waals surface area (Å²) < 4.78 is 24.9. The lowest BCUT2D eigenvalue weighted by molar-refractivity contribution is 0.132. The van der Waals surface area contributed by atoms with E-state index in [0.29, 0.717) is 18.2 Å². The molecule has 0 amide bonds. The fraction of sp³-hybridized carbons (Fsp3) is 1.00. The van der Waals surface area contributed by atoms with Gasteiger partial charge < -0.3 is 5.73 Å². The van der Waals surface area contributed by atoms with E-state index in [1.807, 2.05) is 0 Å². The molecular weight excluding hydrogens is 304 g/mol. The molecule has 6 heteroatoms. The van der Waals surface area contributed by atoms with Crippen LogP contribution in [-0.2, 0) is 9.84 Å². The van der Waals surface area contributed by atoms with Crippen LogP contribution >= 0.6 is 11.8 Å². The van der Waals surface area contributed by atoms with Crippen LogP contribution in [0.5, 0.6) is 0 Å². The molecule has 21 heavy (non-hydrogen) atoms. The maximum Gasteiger partial charge on any atom is 0.166 e. The molecule has 0 aromatic rings. The summed E-state index contributed by atoms with van der Waals surface area (Å²) in [7, 11) is -3.02. The zero-order chi connectivity index (χ0) is 15.3. The summed E-state index contributed by atoms with van der Waals surface area (Å²) in [5, 5.41) is -0.321. The molecule has 2 fully saturated rings. The monoisotopic (exact) mass is 334 g/mol. The molecular formula is C15H30N2O2S2. The van der Waals surface area contributed by atoms with Gasteiger partial charge in [0.25, 0.3) is 0 Å². The van der Waals surface area contributed by atoms with E-state index in [1.54, 1.807) is 18.7 Å². The number of nitrogens with two attached hydrogens (primary N) is 1. The topological polar surface area (TPSA) is 63.4 Å². The number of thioether (sulfide) groups is 1. The highest BCUT2D eigenvalue weighted by molar-refractivity contribution is 8.01. The fourth-order valence-corrected chi connectivity index (χ4v) is 6.85. The molecule has 2 unspecified atom stereocenters. The molecule has 1 aliphatic heterocycles. The zero-order valence-electron chi connectivity index (χ0n) is 13.2. The molecule has 0 aromatic carbocycles. The van der Waals surface area contributed by atoms with Crippen LogP contribution in [0, 0.1) is 5.92 Å². The van der Waals surface area contributed by atoms with E-state index in [1.165, 1.54) is 38.5 Å². The van der Waals surface area contributed by atoms with Crippen molar-refractivity contribution in [3.8, 4) is 0 Å². The van der Waals surface area contributed by atoms with Gasteiger partial charge in [0.2, 0.25) is 0 Å². The van der Waals surface area contributed by atoms with Crippen molar-refractivity contribution >= 4 is 21.6 Å². The molecule has 0 spiro atoms. The van der Waals surface area contributed by atoms with Gasteiger partial charge in [-0.2, -0.15) is 11.8 Å². The van der Waals surface area contributed by atoms with E-state index in [4.69, 9.17) is 5.73 Å². The summed E-state index contributed by atoms with van der Waals surface area (Å²) in [4.78, 5) is 2.24. The molecule has 2 rings (SSSR count). The van der Waals surface area contributed by atoms with Crippen LogP contribution in [0.4, 0.5) is 0 Å². The van der Waals surface area contributed by atoms with Crippen molar-refractivity contribution in [3.63, 3.8) is 0 Å². The minimum Gasteiger partial charge on any atom is -0.329 e. The van der Waals surface area contributed by atoms with Gasteiger partial charge in [-0.15, -0.1) is 0 Å². The van der Waals surface area contributed by atoms with Gasteiger partial charge >= 0.3 is 0 Å². The van der Waals surface area contributed by atoms with E-state index in [0.717, 1.165) is 12.3 Å². The van der Waals surface area contributed by atoms with E-state index >= 15 is 0 Å². The number of hydrogen-bond donors (Lipinski definition) is 1. The van der Waals surface area contributed by atoms with Gasteiger partial charge in [0.1, 0.15) is 5.37 Å². The van der Waals surface area contributed by atoms with E-state index in [9.17, 15) is 8.42 Å². The van der Waals surface area contributed by atoms with Crippen molar-refractivity contribution in [2.24, 2.45) is 11.7 Å². The second kappa shape index (κ2) is 8.18. The van der Waals surface area contributed by atoms with Gasteiger partial charge in [-0.05, 0) is 18.8 Å². The molecule has 1 saturated carbocycles. The van der Waals surface area contributed by atoms with Gasteiger partial charge in [-0.3, -0.25) is 4.90 Å². The van der Waals surface area contributed by atoms with Crippen LogP contribution in [-0.4, -0.2) is 55.1 Å². The highest BCUT2D eigenvalue weighted by Gasteiger charge is 2.39. The molecule has 2 N–H and O–H groups in total. The highest BCUT2D eigenvalue weighted by atomic mass is 32.2. The molecule has 0 bridgehead atoms. The molecule has 0 aromatic heterocycles. The van der Waals surface area contributed by atoms with Crippen LogP contribution in [0.25, 0.3) is 0 Å². The highest BCUT2D eigenvalue weighted by Crippen LogP contribution is 2.32. The summed E-state index contributed by atoms with van der Waals surface area (Å²) in [6.07, 6.45) is 7.61. The largest absolute Gasteiger partial charge is 0.329 e. The Balaban J connectivity index is 2.16. The maximum absolute atomic E-state index is 12.4. The minimum absolute atomic E-state index is 0.233. The predicted molar refractivity (Wildman–Crippen MR) is 91.3 cm³/mol. The number of nitrogens with zero attached hydrogens (tertiary/aromatic N) is 1. The van der Waals surface area contributed by atoms with Crippen LogP contribution in [0.1, 0.15) is 45.4 Å². The Morgan fingerprint density at radius 1 is 1.24 bits per heavy atom. The summed E-state index contributed by atoms with van der Waals surface area (Å²) >= 11 is 1.77. The molecule has 0 radical (unpaired) electrons. The molecule has 2 aliphatic rings. The summed E-state index contributed by atoms with van der Waals surface area (Å²) in [5.41, 5.74) is 6.09. The van der Waals surface area contributed by atoms with Crippen molar-refractivity contribution in [1.82, 2.24) is 4.90 Å². The van der Waals surface area contributed by atoms with Crippen LogP contribution < -0.4 is 5.73 Å². The minimum atomic E-state index is -3.02. The lowest BCUT2D eigenvalue weighted by Gasteiger charge is -2.43. The molecule has 1 saturated heterocycles. The Hall–Kier alpha value is 0.220. The van der Waals surface area contributed by atoms with Crippen LogP contribution in [0.3, 0.4) is 0 Å². The molecule has 124 valence electrons. The van der Waals surface area contributed by atoms with Gasteiger partial charge in [-0.1, -0.05) is 32.6 Å². The summed E-state index contributed by atoms with van der Waals surface area (Å²) in [6.45, 7) is 3.22. The predicted octanol–water partition coefficient (Wildman–Crippen LogP) is 2.09. The van der Waals surface area contributed by atoms with Gasteiger partial charge in [-0.25, -0.2) is 8.42 Å². The third-order valence-electron chi connectivity index (χ3n) is 5.05. The van der Waals surface area contributed by atoms with Crippen LogP contribution in [0.2, 0.25) is 0 Å². The smallest absolute Gasteiger partial charge is 0.166 e. The van der Waals surface area contributed by atoms with Gasteiger partial charge in [0.05, 0.1) is 0 Å². The van der Waals surface area contributed by atoms with Crippen LogP contribution in [0.15, 0.2) is 0 Å². The lowest BCUT2D eigenvalue weighted by Crippen LogP contribution is -2.57. The van der Waals surface area contributed by atoms with Crippen molar-refractivity contribution in [1.29, 1.82) is 0 Å².